The van der Waals surface area contributed by atoms with Crippen LogP contribution in [0.15, 0.2) is 30.9 Å². The van der Waals surface area contributed by atoms with E-state index >= 15 is 0 Å². The fraction of sp³-hybridized carbons (Fsp3) is 0.636. The summed E-state index contributed by atoms with van der Waals surface area (Å²) in [4.78, 5) is 24.1. The number of nitrogens with two attached hydrogens (primary N) is 1. The first-order valence-electron chi connectivity index (χ1n) is 16.1. The normalized spacial score (nSPS) is 28.4. The van der Waals surface area contributed by atoms with Gasteiger partial charge in [-0.05, 0) is 76.0 Å². The molecule has 1 aromatic carbocycles. The molecule has 5 heterocycles. The molecule has 0 spiro atoms. The van der Waals surface area contributed by atoms with Gasteiger partial charge in [0, 0.05) is 25.0 Å². The van der Waals surface area contributed by atoms with E-state index in [1.54, 1.807) is 6.33 Å². The number of imidazole rings is 2. The predicted octanol–water partition coefficient (Wildman–Crippen LogP) is 5.12. The first kappa shape index (κ1) is 29.6. The number of aryl methyl sites for hydroxylation is 1. The largest absolute Gasteiger partial charge is 0.382 e. The third kappa shape index (κ3) is 5.37. The number of nitrogen functional groups attached to an aromatic ring is 1. The van der Waals surface area contributed by atoms with E-state index in [2.05, 4.69) is 77.7 Å². The van der Waals surface area contributed by atoms with Crippen molar-refractivity contribution < 1.29 is 14.2 Å². The Bertz CT molecular complexity index is 1650. The number of aromatic amines is 1. The summed E-state index contributed by atoms with van der Waals surface area (Å²) in [6.07, 6.45) is 6.61. The molecule has 1 aliphatic carbocycles. The number of nitrogens with zero attached hydrogens (tertiary/aromatic N) is 6. The Labute approximate surface area is 258 Å². The molecule has 11 nitrogen and oxygen atoms in total. The molecule has 2 saturated heterocycles. The maximum atomic E-state index is 6.72. The molecule has 3 fully saturated rings. The lowest BCUT2D eigenvalue weighted by atomic mass is 9.76. The molecule has 3 aromatic heterocycles. The van der Waals surface area contributed by atoms with Crippen molar-refractivity contribution in [3.63, 3.8) is 0 Å². The lowest BCUT2D eigenvalue weighted by Crippen LogP contribution is -2.52. The Balaban J connectivity index is 1.00. The number of benzene rings is 1. The number of H-pyrrole nitrogens is 1. The maximum Gasteiger partial charge on any atom is 0.167 e. The van der Waals surface area contributed by atoms with Crippen LogP contribution in [0.2, 0.25) is 0 Å². The second kappa shape index (κ2) is 10.8. The first-order valence-corrected chi connectivity index (χ1v) is 16.1. The highest BCUT2D eigenvalue weighted by atomic mass is 16.8. The monoisotopic (exact) mass is 602 g/mol. The number of nitrogens with one attached hydrogen (secondary N) is 1. The van der Waals surface area contributed by atoms with Crippen molar-refractivity contribution in [3.05, 3.63) is 42.2 Å². The molecule has 3 N–H and O–H groups in total. The number of rotatable bonds is 8. The van der Waals surface area contributed by atoms with E-state index in [0.717, 1.165) is 36.2 Å². The maximum absolute atomic E-state index is 6.72. The van der Waals surface area contributed by atoms with Gasteiger partial charge in [-0.1, -0.05) is 26.8 Å². The van der Waals surface area contributed by atoms with Gasteiger partial charge in [0.15, 0.2) is 23.5 Å². The summed E-state index contributed by atoms with van der Waals surface area (Å²) < 4.78 is 21.5. The summed E-state index contributed by atoms with van der Waals surface area (Å²) in [6.45, 7) is 16.0. The molecule has 4 aromatic rings. The fourth-order valence-electron chi connectivity index (χ4n) is 7.27. The van der Waals surface area contributed by atoms with E-state index in [1.807, 2.05) is 18.4 Å². The molecular formula is C33H46N8O3. The number of fused-ring (bicyclic) bond motifs is 3. The minimum absolute atomic E-state index is 0.124. The number of anilines is 1. The molecule has 44 heavy (non-hydrogen) atoms. The van der Waals surface area contributed by atoms with Gasteiger partial charge in [-0.25, -0.2) is 19.9 Å². The average Bonchev–Trinajstić information content (AvgIpc) is 3.68. The lowest BCUT2D eigenvalue weighted by Gasteiger charge is -2.46. The number of aromatic nitrogens is 6. The predicted molar refractivity (Wildman–Crippen MR) is 169 cm³/mol. The van der Waals surface area contributed by atoms with Crippen LogP contribution in [0.5, 0.6) is 0 Å². The highest BCUT2D eigenvalue weighted by Gasteiger charge is 2.57. The highest BCUT2D eigenvalue weighted by Crippen LogP contribution is 2.45. The quantitative estimate of drug-likeness (QED) is 0.282. The molecular weight excluding hydrogens is 556 g/mol. The topological polar surface area (TPSA) is 129 Å². The van der Waals surface area contributed by atoms with Crippen LogP contribution in [0.25, 0.3) is 22.2 Å². The zero-order valence-electron chi connectivity index (χ0n) is 26.9. The standard InChI is InChI=1S/C33H46N8O3/c1-18(2)40(21-12-19(13-21)8-11-25-38-22-10-9-20(32(3,4)5)14-23(22)39-25)15-24-27-28(44-33(6,7)43-27)31(42-24)41-17-37-26-29(34)35-16-36-30(26)41/h9-10,14,16-19,21,24,27-28,31H,8,11-13,15H2,1-7H3,(H,38,39)(H2,34,35,36)/t19?,21?,24-,27-,28+,31-/m1/s1. The molecule has 2 aliphatic heterocycles. The van der Waals surface area contributed by atoms with Gasteiger partial charge < -0.3 is 24.9 Å². The Morgan fingerprint density at radius 3 is 2.64 bits per heavy atom. The zero-order valence-corrected chi connectivity index (χ0v) is 26.9. The molecule has 0 bridgehead atoms. The molecule has 236 valence electrons. The van der Waals surface area contributed by atoms with E-state index in [9.17, 15) is 0 Å². The molecule has 3 aliphatic rings. The molecule has 0 amide bonds. The molecule has 0 radical (unpaired) electrons. The van der Waals surface area contributed by atoms with Gasteiger partial charge in [0.2, 0.25) is 0 Å². The summed E-state index contributed by atoms with van der Waals surface area (Å²) in [6, 6.07) is 7.50. The molecule has 1 saturated carbocycles. The van der Waals surface area contributed by atoms with Crippen LogP contribution in [0, 0.1) is 5.92 Å². The minimum atomic E-state index is -0.699. The smallest absolute Gasteiger partial charge is 0.167 e. The van der Waals surface area contributed by atoms with Crippen molar-refractivity contribution >= 4 is 28.0 Å². The van der Waals surface area contributed by atoms with Crippen molar-refractivity contribution in [1.29, 1.82) is 0 Å². The molecule has 7 rings (SSSR count). The van der Waals surface area contributed by atoms with E-state index in [1.165, 1.54) is 24.7 Å². The van der Waals surface area contributed by atoms with Crippen molar-refractivity contribution in [2.75, 3.05) is 12.3 Å². The van der Waals surface area contributed by atoms with Crippen LogP contribution in [-0.2, 0) is 26.0 Å². The van der Waals surface area contributed by atoms with Crippen molar-refractivity contribution in [1.82, 2.24) is 34.4 Å². The third-order valence-electron chi connectivity index (χ3n) is 9.71. The van der Waals surface area contributed by atoms with Crippen molar-refractivity contribution in [3.8, 4) is 0 Å². The molecule has 11 heteroatoms. The zero-order chi connectivity index (χ0) is 31.0. The summed E-state index contributed by atoms with van der Waals surface area (Å²) in [7, 11) is 0. The van der Waals surface area contributed by atoms with Crippen LogP contribution in [0.4, 0.5) is 5.82 Å². The first-order chi connectivity index (χ1) is 20.9. The van der Waals surface area contributed by atoms with E-state index in [4.69, 9.17) is 24.9 Å². The highest BCUT2D eigenvalue weighted by molar-refractivity contribution is 5.81. The Morgan fingerprint density at radius 2 is 1.89 bits per heavy atom. The second-order valence-electron chi connectivity index (χ2n) is 14.7. The molecule has 0 unspecified atom stereocenters. The van der Waals surface area contributed by atoms with Crippen LogP contribution in [0.3, 0.4) is 0 Å². The van der Waals surface area contributed by atoms with Gasteiger partial charge in [-0.15, -0.1) is 0 Å². The Hall–Kier alpha value is -3.12. The van der Waals surface area contributed by atoms with Crippen LogP contribution in [0.1, 0.15) is 85.3 Å². The lowest BCUT2D eigenvalue weighted by molar-refractivity contribution is -0.199. The van der Waals surface area contributed by atoms with E-state index in [-0.39, 0.29) is 23.7 Å². The van der Waals surface area contributed by atoms with Crippen molar-refractivity contribution in [2.45, 2.75) is 122 Å². The van der Waals surface area contributed by atoms with Gasteiger partial charge in [0.05, 0.1) is 17.4 Å². The number of hydrogen-bond acceptors (Lipinski definition) is 9. The third-order valence-corrected chi connectivity index (χ3v) is 9.71. The van der Waals surface area contributed by atoms with Crippen LogP contribution >= 0.6 is 0 Å². The average molecular weight is 603 g/mol. The van der Waals surface area contributed by atoms with Gasteiger partial charge in [0.25, 0.3) is 0 Å². The summed E-state index contributed by atoms with van der Waals surface area (Å²) in [5.41, 5.74) is 10.9. The van der Waals surface area contributed by atoms with E-state index < -0.39 is 12.0 Å². The number of ether oxygens (including phenoxy) is 3. The summed E-state index contributed by atoms with van der Waals surface area (Å²) >= 11 is 0. The van der Waals surface area contributed by atoms with Gasteiger partial charge >= 0.3 is 0 Å². The number of hydrogen-bond donors (Lipinski definition) is 2. The minimum Gasteiger partial charge on any atom is -0.382 e. The fourth-order valence-corrected chi connectivity index (χ4v) is 7.27. The van der Waals surface area contributed by atoms with E-state index in [0.29, 0.717) is 35.0 Å². The Kier molecular flexibility index (Phi) is 7.23. The summed E-state index contributed by atoms with van der Waals surface area (Å²) in [5, 5.41) is 0. The van der Waals surface area contributed by atoms with Crippen LogP contribution in [-0.4, -0.2) is 77.1 Å². The molecule has 4 atom stereocenters. The SMILES string of the molecule is CC(C)N(C[C@H]1O[C@@H](n2cnc3c(N)ncnc32)[C@H]2OC(C)(C)O[C@@H]21)C1CC(CCc2nc3ccc(C(C)(C)C)cc3[nH]2)C1. The summed E-state index contributed by atoms with van der Waals surface area (Å²) in [5.74, 6) is 1.43. The van der Waals surface area contributed by atoms with Crippen molar-refractivity contribution in [2.24, 2.45) is 5.92 Å². The Morgan fingerprint density at radius 1 is 1.11 bits per heavy atom. The van der Waals surface area contributed by atoms with Crippen LogP contribution < -0.4 is 5.73 Å². The second-order valence-corrected chi connectivity index (χ2v) is 14.7. The van der Waals surface area contributed by atoms with Gasteiger partial charge in [0.1, 0.15) is 36.0 Å². The van der Waals surface area contributed by atoms with Gasteiger partial charge in [-0.2, -0.15) is 0 Å². The van der Waals surface area contributed by atoms with Gasteiger partial charge in [-0.3, -0.25) is 9.47 Å².